The van der Waals surface area contributed by atoms with Crippen LogP contribution in [0.15, 0.2) is 17.0 Å². The first-order chi connectivity index (χ1) is 12.9. The summed E-state index contributed by atoms with van der Waals surface area (Å²) in [5.41, 5.74) is -0.693. The molecular formula is C16H17F4N3O4S. The van der Waals surface area contributed by atoms with Gasteiger partial charge in [-0.05, 0) is 38.5 Å². The van der Waals surface area contributed by atoms with Gasteiger partial charge in [-0.2, -0.15) is 13.2 Å². The van der Waals surface area contributed by atoms with Crippen molar-refractivity contribution >= 4 is 34.5 Å². The molecule has 1 aromatic carbocycles. The van der Waals surface area contributed by atoms with E-state index < -0.39 is 58.2 Å². The van der Waals surface area contributed by atoms with Gasteiger partial charge in [0, 0.05) is 11.4 Å². The van der Waals surface area contributed by atoms with E-state index in [-0.39, 0.29) is 17.0 Å². The zero-order valence-electron chi connectivity index (χ0n) is 15.1. The van der Waals surface area contributed by atoms with Crippen molar-refractivity contribution in [2.24, 2.45) is 0 Å². The zero-order chi connectivity index (χ0) is 21.4. The summed E-state index contributed by atoms with van der Waals surface area (Å²) in [7, 11) is -2.57. The Balaban J connectivity index is 2.48. The van der Waals surface area contributed by atoms with E-state index in [2.05, 4.69) is 5.32 Å². The smallest absolute Gasteiger partial charge is 0.338 e. The minimum Gasteiger partial charge on any atom is -0.338 e. The summed E-state index contributed by atoms with van der Waals surface area (Å²) < 4.78 is 64.2. The maximum atomic E-state index is 14.4. The highest BCUT2D eigenvalue weighted by molar-refractivity contribution is 7.85. The van der Waals surface area contributed by atoms with Gasteiger partial charge in [0.2, 0.25) is 0 Å². The summed E-state index contributed by atoms with van der Waals surface area (Å²) >= 11 is 0. The number of benzene rings is 1. The van der Waals surface area contributed by atoms with E-state index in [1.807, 2.05) is 0 Å². The second kappa shape index (κ2) is 7.86. The minimum absolute atomic E-state index is 0.0310. The van der Waals surface area contributed by atoms with Crippen LogP contribution < -0.4 is 10.2 Å². The van der Waals surface area contributed by atoms with Crippen LogP contribution in [-0.2, 0) is 15.6 Å². The lowest BCUT2D eigenvalue weighted by molar-refractivity contribution is -0.119. The predicted molar refractivity (Wildman–Crippen MR) is 91.7 cm³/mol. The third-order valence-corrected chi connectivity index (χ3v) is 5.45. The number of carbonyl (C=O) groups excluding carboxylic acids is 3. The molecule has 1 fully saturated rings. The van der Waals surface area contributed by atoms with Crippen molar-refractivity contribution < 1.29 is 36.2 Å². The fourth-order valence-electron chi connectivity index (χ4n) is 2.67. The highest BCUT2D eigenvalue weighted by Crippen LogP contribution is 2.32. The molecule has 1 aliphatic rings. The number of nitrogens with one attached hydrogen (secondary N) is 1. The molecule has 0 spiro atoms. The molecule has 2 unspecified atom stereocenters. The fourth-order valence-corrected chi connectivity index (χ4v) is 3.78. The third kappa shape index (κ3) is 4.16. The highest BCUT2D eigenvalue weighted by Gasteiger charge is 2.47. The van der Waals surface area contributed by atoms with Crippen LogP contribution in [0.25, 0.3) is 0 Å². The van der Waals surface area contributed by atoms with Crippen LogP contribution in [-0.4, -0.2) is 51.6 Å². The number of halogens is 4. The molecule has 1 aromatic rings. The normalized spacial score (nSPS) is 18.6. The second-order valence-corrected chi connectivity index (χ2v) is 7.43. The molecule has 12 heteroatoms. The first-order valence-electron chi connectivity index (χ1n) is 8.09. The molecule has 5 amide bonds. The quantitative estimate of drug-likeness (QED) is 0.596. The van der Waals surface area contributed by atoms with E-state index in [1.165, 1.54) is 13.8 Å². The Morgan fingerprint density at radius 2 is 1.89 bits per heavy atom. The summed E-state index contributed by atoms with van der Waals surface area (Å²) in [6, 6.07) is -1.71. The summed E-state index contributed by atoms with van der Waals surface area (Å²) in [5, 5.41) is 2.34. The number of hydrogen-bond acceptors (Lipinski definition) is 4. The average molecular weight is 423 g/mol. The third-order valence-electron chi connectivity index (χ3n) is 3.93. The Kier molecular flexibility index (Phi) is 6.12. The van der Waals surface area contributed by atoms with Crippen molar-refractivity contribution in [2.75, 3.05) is 17.2 Å². The highest BCUT2D eigenvalue weighted by atomic mass is 32.2. The molecule has 2 rings (SSSR count). The van der Waals surface area contributed by atoms with Crippen molar-refractivity contribution in [2.45, 2.75) is 37.9 Å². The Hall–Kier alpha value is -2.50. The number of aryl methyl sites for hydroxylation is 1. The summed E-state index contributed by atoms with van der Waals surface area (Å²) in [6.07, 6.45) is -4.73. The lowest BCUT2D eigenvalue weighted by atomic mass is 10.2. The molecule has 0 saturated carbocycles. The fraction of sp³-hybridized carbons (Fsp3) is 0.438. The van der Waals surface area contributed by atoms with Crippen LogP contribution in [0.3, 0.4) is 0 Å². The first kappa shape index (κ1) is 21.8. The number of anilines is 1. The minimum atomic E-state index is -4.73. The van der Waals surface area contributed by atoms with Crippen LogP contribution >= 0.6 is 0 Å². The average Bonchev–Trinajstić information content (AvgIpc) is 2.76. The molecule has 0 aliphatic carbocycles. The van der Waals surface area contributed by atoms with E-state index >= 15 is 0 Å². The van der Waals surface area contributed by atoms with Crippen LogP contribution in [0.4, 0.5) is 32.8 Å². The van der Waals surface area contributed by atoms with E-state index in [0.29, 0.717) is 9.80 Å². The van der Waals surface area contributed by atoms with Gasteiger partial charge in [0.05, 0.1) is 16.5 Å². The number of carbonyl (C=O) groups is 3. The zero-order valence-corrected chi connectivity index (χ0v) is 15.9. The van der Waals surface area contributed by atoms with Crippen molar-refractivity contribution in [3.63, 3.8) is 0 Å². The van der Waals surface area contributed by atoms with Gasteiger partial charge in [0.15, 0.2) is 0 Å². The standard InChI is InChI=1S/C16H17F4N3O4S/c1-4-21-14(25)22-9(3)13(24)23(15(22)26)11-6-12(8(2)5-10(11)17)28(27)7-16(18,19)20/h5-6,9H,4,7H2,1-3H3,(H,21,25). The maximum absolute atomic E-state index is 14.4. The summed E-state index contributed by atoms with van der Waals surface area (Å²) in [6.45, 7) is 4.27. The van der Waals surface area contributed by atoms with Crippen molar-refractivity contribution in [1.82, 2.24) is 10.2 Å². The molecule has 1 saturated heterocycles. The van der Waals surface area contributed by atoms with Crippen LogP contribution in [0.5, 0.6) is 0 Å². The molecular weight excluding hydrogens is 406 g/mol. The number of hydrogen-bond donors (Lipinski definition) is 1. The van der Waals surface area contributed by atoms with E-state index in [4.69, 9.17) is 0 Å². The van der Waals surface area contributed by atoms with Crippen molar-refractivity contribution in [3.8, 4) is 0 Å². The van der Waals surface area contributed by atoms with Gasteiger partial charge in [-0.25, -0.2) is 23.8 Å². The van der Waals surface area contributed by atoms with Gasteiger partial charge in [0.1, 0.15) is 17.6 Å². The van der Waals surface area contributed by atoms with Crippen LogP contribution in [0.1, 0.15) is 19.4 Å². The van der Waals surface area contributed by atoms with Gasteiger partial charge in [-0.15, -0.1) is 0 Å². The van der Waals surface area contributed by atoms with Gasteiger partial charge in [-0.1, -0.05) is 0 Å². The first-order valence-corrected chi connectivity index (χ1v) is 9.41. The molecule has 7 nitrogen and oxygen atoms in total. The largest absolute Gasteiger partial charge is 0.400 e. The Morgan fingerprint density at radius 1 is 1.29 bits per heavy atom. The summed E-state index contributed by atoms with van der Waals surface area (Å²) in [5.74, 6) is -3.68. The number of rotatable bonds is 4. The SMILES string of the molecule is CCNC(=O)N1C(=O)N(c2cc(S(=O)CC(F)(F)F)c(C)cc2F)C(=O)C1C. The Morgan fingerprint density at radius 3 is 2.43 bits per heavy atom. The van der Waals surface area contributed by atoms with Crippen LogP contribution in [0, 0.1) is 12.7 Å². The van der Waals surface area contributed by atoms with Gasteiger partial charge in [-0.3, -0.25) is 9.00 Å². The van der Waals surface area contributed by atoms with Gasteiger partial charge >= 0.3 is 18.2 Å². The molecule has 2 atom stereocenters. The number of nitrogens with zero attached hydrogens (tertiary/aromatic N) is 2. The molecule has 154 valence electrons. The van der Waals surface area contributed by atoms with E-state index in [9.17, 15) is 36.2 Å². The number of imide groups is 2. The number of amides is 5. The van der Waals surface area contributed by atoms with E-state index in [0.717, 1.165) is 12.1 Å². The summed E-state index contributed by atoms with van der Waals surface area (Å²) in [4.78, 5) is 37.6. The lowest BCUT2D eigenvalue weighted by Crippen LogP contribution is -2.45. The molecule has 0 radical (unpaired) electrons. The molecule has 1 N–H and O–H groups in total. The van der Waals surface area contributed by atoms with Crippen molar-refractivity contribution in [1.29, 1.82) is 0 Å². The Labute approximate surface area is 160 Å². The molecule has 1 aliphatic heterocycles. The molecule has 0 bridgehead atoms. The topological polar surface area (TPSA) is 86.8 Å². The van der Waals surface area contributed by atoms with Crippen molar-refractivity contribution in [3.05, 3.63) is 23.5 Å². The monoisotopic (exact) mass is 423 g/mol. The molecule has 1 heterocycles. The Bertz CT molecular complexity index is 859. The van der Waals surface area contributed by atoms with Gasteiger partial charge in [0.25, 0.3) is 5.91 Å². The molecule has 28 heavy (non-hydrogen) atoms. The van der Waals surface area contributed by atoms with Crippen LogP contribution in [0.2, 0.25) is 0 Å². The number of alkyl halides is 3. The lowest BCUT2D eigenvalue weighted by Gasteiger charge is -2.19. The predicted octanol–water partition coefficient (Wildman–Crippen LogP) is 2.69. The molecule has 0 aromatic heterocycles. The number of urea groups is 2. The van der Waals surface area contributed by atoms with Gasteiger partial charge < -0.3 is 5.32 Å². The maximum Gasteiger partial charge on any atom is 0.400 e. The second-order valence-electron chi connectivity index (χ2n) is 6.01. The van der Waals surface area contributed by atoms with E-state index in [1.54, 1.807) is 6.92 Å².